The molecule has 3 aromatic rings. The van der Waals surface area contributed by atoms with E-state index in [2.05, 4.69) is 12.6 Å². The lowest BCUT2D eigenvalue weighted by Crippen LogP contribution is -2.35. The first kappa shape index (κ1) is 36.2. The third-order valence-corrected chi connectivity index (χ3v) is 6.04. The minimum absolute atomic E-state index is 0.188. The Morgan fingerprint density at radius 2 is 1.62 bits per heavy atom. The van der Waals surface area contributed by atoms with Gasteiger partial charge in [0.15, 0.2) is 5.82 Å². The van der Waals surface area contributed by atoms with Gasteiger partial charge in [0.1, 0.15) is 17.7 Å². The number of nitrogens with two attached hydrogens (primary N) is 1. The fourth-order valence-corrected chi connectivity index (χ4v) is 4.32. The smallest absolute Gasteiger partial charge is 0.330 e. The van der Waals surface area contributed by atoms with E-state index >= 15 is 0 Å². The van der Waals surface area contributed by atoms with Crippen LogP contribution in [0.15, 0.2) is 53.5 Å². The van der Waals surface area contributed by atoms with Crippen molar-refractivity contribution in [3.63, 3.8) is 0 Å². The van der Waals surface area contributed by atoms with Crippen LogP contribution in [0.5, 0.6) is 0 Å². The van der Waals surface area contributed by atoms with E-state index in [1.165, 1.54) is 36.5 Å². The van der Waals surface area contributed by atoms with Crippen molar-refractivity contribution in [1.82, 2.24) is 4.57 Å². The Kier molecular flexibility index (Phi) is 14.9. The summed E-state index contributed by atoms with van der Waals surface area (Å²) in [6, 6.07) is 7.95. The van der Waals surface area contributed by atoms with E-state index in [9.17, 15) is 27.6 Å². The summed E-state index contributed by atoms with van der Waals surface area (Å²) < 4.78 is 46.8. The van der Waals surface area contributed by atoms with Crippen molar-refractivity contribution in [3.05, 3.63) is 98.7 Å². The summed E-state index contributed by atoms with van der Waals surface area (Å²) >= 11 is 3.53. The van der Waals surface area contributed by atoms with Gasteiger partial charge in [-0.3, -0.25) is 9.59 Å². The van der Waals surface area contributed by atoms with Crippen molar-refractivity contribution in [2.75, 3.05) is 12.9 Å². The van der Waals surface area contributed by atoms with Crippen LogP contribution in [0.4, 0.5) is 13.2 Å². The van der Waals surface area contributed by atoms with Crippen LogP contribution in [0.2, 0.25) is 0 Å². The van der Waals surface area contributed by atoms with Crippen LogP contribution in [0, 0.1) is 44.1 Å². The number of ether oxygens (including phenoxy) is 1. The molecule has 6 nitrogen and oxygen atoms in total. The molecule has 0 radical (unpaired) electrons. The second-order valence-electron chi connectivity index (χ2n) is 9.81. The Hall–Kier alpha value is -3.79. The highest BCUT2D eigenvalue weighted by Gasteiger charge is 2.20. The second-order valence-corrected chi connectivity index (χ2v) is 9.81. The highest BCUT2D eigenvalue weighted by atomic mass is 32.1. The molecule has 2 aromatic carbocycles. The third kappa shape index (κ3) is 10.2. The van der Waals surface area contributed by atoms with Crippen molar-refractivity contribution in [2.45, 2.75) is 54.0 Å². The van der Waals surface area contributed by atoms with Gasteiger partial charge in [-0.2, -0.15) is 12.6 Å². The topological polar surface area (TPSA) is 91.4 Å². The van der Waals surface area contributed by atoms with E-state index in [1.54, 1.807) is 32.2 Å². The monoisotopic (exact) mass is 604 g/mol. The van der Waals surface area contributed by atoms with E-state index in [0.717, 1.165) is 32.9 Å². The number of carbonyl (C=O) groups excluding carboxylic acids is 2. The molecule has 0 bridgehead atoms. The SMILES string of the molecule is CC(C)CC(C(N)=O)n1cccc(F)c1=O.CCOC(=O)/C=C\c1cc(-c2c(C)cc(F)cc2C)cc(C)c1F.CS. The maximum Gasteiger partial charge on any atom is 0.330 e. The fourth-order valence-electron chi connectivity index (χ4n) is 4.32. The molecule has 1 atom stereocenters. The molecule has 0 aliphatic rings. The van der Waals surface area contributed by atoms with Gasteiger partial charge in [0.2, 0.25) is 5.91 Å². The van der Waals surface area contributed by atoms with Gasteiger partial charge in [-0.05, 0) is 117 Å². The summed E-state index contributed by atoms with van der Waals surface area (Å²) in [7, 11) is 0. The Morgan fingerprint density at radius 3 is 2.14 bits per heavy atom. The Bertz CT molecular complexity index is 1450. The highest BCUT2D eigenvalue weighted by molar-refractivity contribution is 7.79. The summed E-state index contributed by atoms with van der Waals surface area (Å²) in [5.41, 5.74) is 8.36. The number of hydrogen-bond donors (Lipinski definition) is 2. The van der Waals surface area contributed by atoms with Crippen LogP contribution < -0.4 is 11.3 Å². The summed E-state index contributed by atoms with van der Waals surface area (Å²) in [5.74, 6) is -2.52. The number of benzene rings is 2. The first-order valence-corrected chi connectivity index (χ1v) is 14.2. The second kappa shape index (κ2) is 17.2. The van der Waals surface area contributed by atoms with Gasteiger partial charge < -0.3 is 15.0 Å². The van der Waals surface area contributed by atoms with Crippen LogP contribution in [-0.2, 0) is 14.3 Å². The first-order valence-electron chi connectivity index (χ1n) is 13.3. The molecule has 228 valence electrons. The van der Waals surface area contributed by atoms with Crippen molar-refractivity contribution < 1.29 is 27.5 Å². The average molecular weight is 605 g/mol. The van der Waals surface area contributed by atoms with Crippen molar-refractivity contribution in [3.8, 4) is 11.1 Å². The van der Waals surface area contributed by atoms with Crippen LogP contribution in [0.25, 0.3) is 17.2 Å². The van der Waals surface area contributed by atoms with E-state index < -0.39 is 35.1 Å². The molecule has 10 heteroatoms. The number of amides is 1. The van der Waals surface area contributed by atoms with Gasteiger partial charge in [0.05, 0.1) is 6.61 Å². The largest absolute Gasteiger partial charge is 0.463 e. The molecule has 0 saturated heterocycles. The van der Waals surface area contributed by atoms with E-state index in [1.807, 2.05) is 27.7 Å². The molecule has 0 aliphatic carbocycles. The number of aromatic nitrogens is 1. The van der Waals surface area contributed by atoms with E-state index in [0.29, 0.717) is 17.5 Å². The normalized spacial score (nSPS) is 11.3. The predicted octanol–water partition coefficient (Wildman–Crippen LogP) is 6.74. The highest BCUT2D eigenvalue weighted by Crippen LogP contribution is 2.31. The van der Waals surface area contributed by atoms with Crippen LogP contribution >= 0.6 is 12.6 Å². The lowest BCUT2D eigenvalue weighted by Gasteiger charge is -2.18. The number of aryl methyl sites for hydroxylation is 3. The van der Waals surface area contributed by atoms with Crippen molar-refractivity contribution in [1.29, 1.82) is 0 Å². The van der Waals surface area contributed by atoms with Gasteiger partial charge in [-0.15, -0.1) is 0 Å². The first-order chi connectivity index (χ1) is 19.8. The molecular formula is C32H39F3N2O4S. The maximum absolute atomic E-state index is 14.3. The van der Waals surface area contributed by atoms with Crippen molar-refractivity contribution in [2.24, 2.45) is 11.7 Å². The Labute approximate surface area is 250 Å². The summed E-state index contributed by atoms with van der Waals surface area (Å²) in [6.07, 6.45) is 6.09. The van der Waals surface area contributed by atoms with Gasteiger partial charge >= 0.3 is 5.97 Å². The standard InChI is InChI=1S/C20H20F2O2.C11H15FN2O2.CH4S/c1-5-24-18(23)7-6-15-11-16(8-14(4)20(15)22)19-12(2)9-17(21)10-13(19)3;1-7(2)6-9(10(13)15)14-5-3-4-8(12)11(14)16;1-2/h6-11H,5H2,1-4H3;3-5,7,9H,6H2,1-2H3,(H2,13,15);2H,1H3/b7-6-;;. The molecule has 2 N–H and O–H groups in total. The zero-order valence-corrected chi connectivity index (χ0v) is 25.9. The number of pyridine rings is 1. The van der Waals surface area contributed by atoms with Crippen molar-refractivity contribution >= 4 is 30.6 Å². The number of hydrogen-bond acceptors (Lipinski definition) is 5. The molecule has 0 fully saturated rings. The summed E-state index contributed by atoms with van der Waals surface area (Å²) in [5, 5.41) is 0. The quantitative estimate of drug-likeness (QED) is 0.169. The zero-order valence-electron chi connectivity index (χ0n) is 25.0. The lowest BCUT2D eigenvalue weighted by molar-refractivity contribution is -0.137. The van der Waals surface area contributed by atoms with Crippen LogP contribution in [0.1, 0.15) is 55.5 Å². The molecule has 0 spiro atoms. The molecule has 42 heavy (non-hydrogen) atoms. The predicted molar refractivity (Wildman–Crippen MR) is 165 cm³/mol. The number of rotatable bonds is 8. The minimum atomic E-state index is -0.877. The van der Waals surface area contributed by atoms with Crippen LogP contribution in [-0.4, -0.2) is 29.3 Å². The minimum Gasteiger partial charge on any atom is -0.463 e. The van der Waals surface area contributed by atoms with Crippen LogP contribution in [0.3, 0.4) is 0 Å². The van der Waals surface area contributed by atoms with Gasteiger partial charge in [-0.25, -0.2) is 18.0 Å². The molecule has 0 saturated carbocycles. The Balaban J connectivity index is 0.000000426. The van der Waals surface area contributed by atoms with Gasteiger partial charge in [-0.1, -0.05) is 13.8 Å². The zero-order chi connectivity index (χ0) is 32.1. The van der Waals surface area contributed by atoms with E-state index in [-0.39, 0.29) is 18.3 Å². The number of primary amides is 1. The number of thiol groups is 1. The summed E-state index contributed by atoms with van der Waals surface area (Å²) in [4.78, 5) is 34.2. The lowest BCUT2D eigenvalue weighted by atomic mass is 9.92. The number of carbonyl (C=O) groups is 2. The average Bonchev–Trinajstić information content (AvgIpc) is 2.91. The molecule has 1 amide bonds. The number of halogens is 3. The maximum atomic E-state index is 14.3. The molecule has 1 unspecified atom stereocenters. The molecule has 1 heterocycles. The Morgan fingerprint density at radius 1 is 1.02 bits per heavy atom. The molecule has 1 aromatic heterocycles. The fraction of sp³-hybridized carbons (Fsp3) is 0.344. The molecule has 3 rings (SSSR count). The van der Waals surface area contributed by atoms with Gasteiger partial charge in [0, 0.05) is 17.8 Å². The van der Waals surface area contributed by atoms with E-state index in [4.69, 9.17) is 10.5 Å². The summed E-state index contributed by atoms with van der Waals surface area (Å²) in [6.45, 7) is 11.1. The number of esters is 1. The van der Waals surface area contributed by atoms with Gasteiger partial charge in [0.25, 0.3) is 5.56 Å². The molecular weight excluding hydrogens is 565 g/mol. The number of nitrogens with zero attached hydrogens (tertiary/aromatic N) is 1. The molecule has 0 aliphatic heterocycles. The third-order valence-electron chi connectivity index (χ3n) is 6.04.